The van der Waals surface area contributed by atoms with Crippen molar-refractivity contribution >= 4 is 5.96 Å². The average Bonchev–Trinajstić information content (AvgIpc) is 2.48. The number of hydrogen-bond donors (Lipinski definition) is 2. The first-order chi connectivity index (χ1) is 11.1. The number of guanidine groups is 1. The predicted octanol–water partition coefficient (Wildman–Crippen LogP) is 2.81. The Labute approximate surface area is 142 Å². The lowest BCUT2D eigenvalue weighted by molar-refractivity contribution is 0.0698. The van der Waals surface area contributed by atoms with Crippen LogP contribution < -0.4 is 10.6 Å². The highest BCUT2D eigenvalue weighted by molar-refractivity contribution is 5.79. The molecule has 0 atom stereocenters. The maximum absolute atomic E-state index is 5.48. The van der Waals surface area contributed by atoms with Crippen molar-refractivity contribution in [3.8, 4) is 0 Å². The van der Waals surface area contributed by atoms with Crippen molar-refractivity contribution in [1.29, 1.82) is 0 Å². The number of methoxy groups -OCH3 is 1. The Balaban J connectivity index is 2.29. The average molecular weight is 328 g/mol. The molecule has 1 rings (SSSR count). The van der Waals surface area contributed by atoms with Crippen LogP contribution in [-0.2, 0) is 9.47 Å². The number of nitrogens with zero attached hydrogens (tertiary/aromatic N) is 1. The van der Waals surface area contributed by atoms with Gasteiger partial charge < -0.3 is 20.1 Å². The van der Waals surface area contributed by atoms with Gasteiger partial charge in [0.15, 0.2) is 5.96 Å². The maximum Gasteiger partial charge on any atom is 0.191 e. The van der Waals surface area contributed by atoms with Crippen LogP contribution in [0.3, 0.4) is 0 Å². The first kappa shape index (κ1) is 20.2. The molecule has 0 aromatic rings. The van der Waals surface area contributed by atoms with E-state index in [0.717, 1.165) is 44.5 Å². The minimum Gasteiger partial charge on any atom is -0.382 e. The molecule has 0 amide bonds. The lowest BCUT2D eigenvalue weighted by atomic mass is 9.64. The zero-order valence-corrected chi connectivity index (χ0v) is 15.6. The molecule has 0 bridgehead atoms. The van der Waals surface area contributed by atoms with Crippen LogP contribution in [0.4, 0.5) is 0 Å². The third kappa shape index (κ3) is 8.56. The molecule has 1 saturated carbocycles. The van der Waals surface area contributed by atoms with Gasteiger partial charge in [0.1, 0.15) is 0 Å². The molecule has 0 heterocycles. The van der Waals surface area contributed by atoms with E-state index < -0.39 is 0 Å². The number of rotatable bonds is 12. The second-order valence-electron chi connectivity index (χ2n) is 7.03. The van der Waals surface area contributed by atoms with E-state index in [9.17, 15) is 0 Å². The second kappa shape index (κ2) is 11.7. The van der Waals surface area contributed by atoms with E-state index in [4.69, 9.17) is 14.5 Å². The summed E-state index contributed by atoms with van der Waals surface area (Å²) >= 11 is 0. The van der Waals surface area contributed by atoms with E-state index in [0.29, 0.717) is 18.6 Å². The summed E-state index contributed by atoms with van der Waals surface area (Å²) in [6.45, 7) is 11.6. The van der Waals surface area contributed by atoms with Gasteiger partial charge in [-0.25, -0.2) is 0 Å². The summed E-state index contributed by atoms with van der Waals surface area (Å²) in [5.74, 6) is 1.70. The summed E-state index contributed by atoms with van der Waals surface area (Å²) in [5.41, 5.74) is 0.458. The fraction of sp³-hybridized carbons (Fsp3) is 0.944. The van der Waals surface area contributed by atoms with Gasteiger partial charge in [-0.15, -0.1) is 0 Å². The molecule has 5 nitrogen and oxygen atoms in total. The molecule has 0 spiro atoms. The molecule has 5 heteroatoms. The van der Waals surface area contributed by atoms with Gasteiger partial charge in [0.25, 0.3) is 0 Å². The lowest BCUT2D eigenvalue weighted by Gasteiger charge is -2.42. The predicted molar refractivity (Wildman–Crippen MR) is 97.0 cm³/mol. The number of hydrogen-bond acceptors (Lipinski definition) is 3. The molecule has 0 saturated heterocycles. The Morgan fingerprint density at radius 3 is 2.52 bits per heavy atom. The standard InChI is InChI=1S/C18H37N3O2/c1-5-19-17(20-10-7-11-23-13-12-22-4)21-15-18(8-6-9-18)14-16(2)3/h16H,5-15H2,1-4H3,(H2,19,20,21). The Morgan fingerprint density at radius 2 is 1.96 bits per heavy atom. The lowest BCUT2D eigenvalue weighted by Crippen LogP contribution is -2.40. The molecule has 0 aromatic heterocycles. The van der Waals surface area contributed by atoms with Gasteiger partial charge in [-0.3, -0.25) is 4.99 Å². The van der Waals surface area contributed by atoms with Crippen molar-refractivity contribution in [3.63, 3.8) is 0 Å². The molecule has 0 unspecified atom stereocenters. The van der Waals surface area contributed by atoms with Crippen LogP contribution in [0.15, 0.2) is 4.99 Å². The molecule has 1 fully saturated rings. The molecule has 0 radical (unpaired) electrons. The van der Waals surface area contributed by atoms with E-state index in [1.54, 1.807) is 7.11 Å². The minimum absolute atomic E-state index is 0.458. The molecule has 0 aromatic carbocycles. The van der Waals surface area contributed by atoms with E-state index >= 15 is 0 Å². The highest BCUT2D eigenvalue weighted by Crippen LogP contribution is 2.46. The van der Waals surface area contributed by atoms with Crippen molar-refractivity contribution < 1.29 is 9.47 Å². The van der Waals surface area contributed by atoms with Crippen molar-refractivity contribution in [2.24, 2.45) is 16.3 Å². The van der Waals surface area contributed by atoms with E-state index in [1.807, 2.05) is 0 Å². The van der Waals surface area contributed by atoms with Crippen molar-refractivity contribution in [2.45, 2.75) is 52.9 Å². The maximum atomic E-state index is 5.48. The summed E-state index contributed by atoms with van der Waals surface area (Å²) in [4.78, 5) is 4.84. The second-order valence-corrected chi connectivity index (χ2v) is 7.03. The van der Waals surface area contributed by atoms with Crippen LogP contribution in [0.1, 0.15) is 52.9 Å². The zero-order chi connectivity index (χ0) is 17.0. The Kier molecular flexibility index (Phi) is 10.3. The summed E-state index contributed by atoms with van der Waals surface area (Å²) in [6, 6.07) is 0. The van der Waals surface area contributed by atoms with E-state index in [2.05, 4.69) is 31.4 Å². The van der Waals surface area contributed by atoms with Gasteiger partial charge >= 0.3 is 0 Å². The van der Waals surface area contributed by atoms with Gasteiger partial charge in [0.05, 0.1) is 13.2 Å². The highest BCUT2D eigenvalue weighted by Gasteiger charge is 2.37. The van der Waals surface area contributed by atoms with Crippen LogP contribution in [0, 0.1) is 11.3 Å². The number of nitrogens with one attached hydrogen (secondary N) is 2. The summed E-state index contributed by atoms with van der Waals surface area (Å²) in [5, 5.41) is 6.76. The van der Waals surface area contributed by atoms with Gasteiger partial charge in [-0.05, 0) is 43.9 Å². The van der Waals surface area contributed by atoms with Crippen LogP contribution in [0.25, 0.3) is 0 Å². The van der Waals surface area contributed by atoms with Crippen LogP contribution >= 0.6 is 0 Å². The number of ether oxygens (including phenoxy) is 2. The monoisotopic (exact) mass is 327 g/mol. The van der Waals surface area contributed by atoms with Crippen LogP contribution in [0.5, 0.6) is 0 Å². The molecule has 2 N–H and O–H groups in total. The highest BCUT2D eigenvalue weighted by atomic mass is 16.5. The molecular weight excluding hydrogens is 290 g/mol. The first-order valence-corrected chi connectivity index (χ1v) is 9.21. The third-order valence-electron chi connectivity index (χ3n) is 4.36. The topological polar surface area (TPSA) is 54.9 Å². The Bertz CT molecular complexity index is 328. The summed E-state index contributed by atoms with van der Waals surface area (Å²) in [7, 11) is 1.69. The normalized spacial score (nSPS) is 17.2. The molecule has 136 valence electrons. The minimum atomic E-state index is 0.458. The molecule has 1 aliphatic rings. The Morgan fingerprint density at radius 1 is 1.17 bits per heavy atom. The molecule has 0 aliphatic heterocycles. The quantitative estimate of drug-likeness (QED) is 0.329. The summed E-state index contributed by atoms with van der Waals surface area (Å²) < 4.78 is 10.4. The fourth-order valence-corrected chi connectivity index (χ4v) is 3.18. The summed E-state index contributed by atoms with van der Waals surface area (Å²) in [6.07, 6.45) is 6.31. The number of aliphatic imine (C=N–C) groups is 1. The third-order valence-corrected chi connectivity index (χ3v) is 4.36. The zero-order valence-electron chi connectivity index (χ0n) is 15.6. The van der Waals surface area contributed by atoms with Gasteiger partial charge in [-0.1, -0.05) is 20.3 Å². The Hall–Kier alpha value is -0.810. The van der Waals surface area contributed by atoms with E-state index in [-0.39, 0.29) is 0 Å². The fourth-order valence-electron chi connectivity index (χ4n) is 3.18. The largest absolute Gasteiger partial charge is 0.382 e. The van der Waals surface area contributed by atoms with Crippen molar-refractivity contribution in [2.75, 3.05) is 46.6 Å². The SMILES string of the molecule is CCNC(=NCC1(CC(C)C)CCC1)NCCCOCCOC. The molecule has 1 aliphatic carbocycles. The smallest absolute Gasteiger partial charge is 0.191 e. The van der Waals surface area contributed by atoms with E-state index in [1.165, 1.54) is 25.7 Å². The van der Waals surface area contributed by atoms with Gasteiger partial charge in [0, 0.05) is 33.4 Å². The molecular formula is C18H37N3O2. The van der Waals surface area contributed by atoms with Gasteiger partial charge in [-0.2, -0.15) is 0 Å². The molecule has 23 heavy (non-hydrogen) atoms. The van der Waals surface area contributed by atoms with Crippen LogP contribution in [-0.4, -0.2) is 52.5 Å². The first-order valence-electron chi connectivity index (χ1n) is 9.21. The van der Waals surface area contributed by atoms with Crippen LogP contribution in [0.2, 0.25) is 0 Å². The van der Waals surface area contributed by atoms with Crippen molar-refractivity contribution in [1.82, 2.24) is 10.6 Å². The van der Waals surface area contributed by atoms with Gasteiger partial charge in [0.2, 0.25) is 0 Å². The van der Waals surface area contributed by atoms with Crippen molar-refractivity contribution in [3.05, 3.63) is 0 Å².